The minimum absolute atomic E-state index is 0.0229. The van der Waals surface area contributed by atoms with Crippen LogP contribution in [0.25, 0.3) is 0 Å². The minimum atomic E-state index is -3.92. The number of nitrogens with one attached hydrogen (secondary N) is 1. The van der Waals surface area contributed by atoms with Crippen LogP contribution in [0.3, 0.4) is 0 Å². The molecule has 0 amide bonds. The van der Waals surface area contributed by atoms with Crippen molar-refractivity contribution in [3.05, 3.63) is 22.2 Å². The number of halogens is 2. The zero-order valence-electron chi connectivity index (χ0n) is 9.81. The third-order valence-electron chi connectivity index (χ3n) is 2.15. The predicted octanol–water partition coefficient (Wildman–Crippen LogP) is 1.76. The highest BCUT2D eigenvalue weighted by atomic mass is 35.5. The lowest BCUT2D eigenvalue weighted by Gasteiger charge is -2.10. The summed E-state index contributed by atoms with van der Waals surface area (Å²) in [5.74, 6) is -0.863. The molecule has 0 aliphatic rings. The van der Waals surface area contributed by atoms with Crippen LogP contribution < -0.4 is 9.46 Å². The van der Waals surface area contributed by atoms with Crippen molar-refractivity contribution in [1.29, 1.82) is 0 Å². The molecule has 19 heavy (non-hydrogen) atoms. The average Bonchev–Trinajstić information content (AvgIpc) is 2.31. The first-order valence-corrected chi connectivity index (χ1v) is 7.27. The fourth-order valence-electron chi connectivity index (χ4n) is 1.25. The number of carbonyl (C=O) groups is 1. The molecule has 0 aromatic heterocycles. The van der Waals surface area contributed by atoms with Gasteiger partial charge in [-0.25, -0.2) is 13.1 Å². The molecule has 0 bridgehead atoms. The Hall–Kier alpha value is -1.02. The Bertz CT molecular complexity index is 588. The van der Waals surface area contributed by atoms with Crippen molar-refractivity contribution in [3.8, 4) is 5.75 Å². The normalized spacial score (nSPS) is 11.3. The lowest BCUT2D eigenvalue weighted by atomic mass is 10.3. The van der Waals surface area contributed by atoms with E-state index in [9.17, 15) is 13.2 Å². The van der Waals surface area contributed by atoms with Crippen LogP contribution in [0.2, 0.25) is 10.0 Å². The van der Waals surface area contributed by atoms with Gasteiger partial charge in [-0.15, -0.1) is 0 Å². The van der Waals surface area contributed by atoms with Crippen LogP contribution in [0.4, 0.5) is 0 Å². The molecule has 0 radical (unpaired) electrons. The van der Waals surface area contributed by atoms with E-state index in [4.69, 9.17) is 33.0 Å². The van der Waals surface area contributed by atoms with Gasteiger partial charge in [-0.3, -0.25) is 4.79 Å². The predicted molar refractivity (Wildman–Crippen MR) is 70.5 cm³/mol. The second-order valence-corrected chi connectivity index (χ2v) is 5.93. The topological polar surface area (TPSA) is 92.7 Å². The van der Waals surface area contributed by atoms with Crippen LogP contribution in [0.5, 0.6) is 5.75 Å². The molecule has 0 heterocycles. The Labute approximate surface area is 120 Å². The number of benzene rings is 1. The molecule has 0 saturated heterocycles. The molecule has 0 aliphatic carbocycles. The van der Waals surface area contributed by atoms with Crippen LogP contribution >= 0.6 is 23.2 Å². The monoisotopic (exact) mass is 327 g/mol. The Morgan fingerprint density at radius 1 is 1.37 bits per heavy atom. The van der Waals surface area contributed by atoms with Gasteiger partial charge in [0.1, 0.15) is 15.7 Å². The van der Waals surface area contributed by atoms with Gasteiger partial charge in [-0.1, -0.05) is 23.2 Å². The molecule has 0 saturated carbocycles. The van der Waals surface area contributed by atoms with Crippen LogP contribution in [-0.2, 0) is 14.8 Å². The SMILES string of the molecule is COc1ccc(S(=O)(=O)NCCC(=O)O)c(Cl)c1Cl. The van der Waals surface area contributed by atoms with Crippen molar-refractivity contribution in [3.63, 3.8) is 0 Å². The van der Waals surface area contributed by atoms with E-state index in [1.165, 1.54) is 19.2 Å². The Morgan fingerprint density at radius 3 is 2.53 bits per heavy atom. The molecule has 0 unspecified atom stereocenters. The van der Waals surface area contributed by atoms with Gasteiger partial charge in [-0.2, -0.15) is 0 Å². The fourth-order valence-corrected chi connectivity index (χ4v) is 3.12. The van der Waals surface area contributed by atoms with Gasteiger partial charge < -0.3 is 9.84 Å². The number of hydrogen-bond donors (Lipinski definition) is 2. The number of aliphatic carboxylic acids is 1. The van der Waals surface area contributed by atoms with E-state index in [-0.39, 0.29) is 33.7 Å². The van der Waals surface area contributed by atoms with E-state index >= 15 is 0 Å². The third kappa shape index (κ3) is 3.97. The maximum Gasteiger partial charge on any atom is 0.304 e. The van der Waals surface area contributed by atoms with Gasteiger partial charge in [0.2, 0.25) is 10.0 Å². The van der Waals surface area contributed by atoms with Crippen molar-refractivity contribution in [1.82, 2.24) is 4.72 Å². The van der Waals surface area contributed by atoms with E-state index in [0.717, 1.165) is 0 Å². The van der Waals surface area contributed by atoms with Gasteiger partial charge in [0.15, 0.2) is 0 Å². The zero-order valence-corrected chi connectivity index (χ0v) is 12.1. The van der Waals surface area contributed by atoms with Crippen molar-refractivity contribution in [2.75, 3.05) is 13.7 Å². The molecular formula is C10H11Cl2NO5S. The van der Waals surface area contributed by atoms with Gasteiger partial charge in [0.25, 0.3) is 0 Å². The highest BCUT2D eigenvalue weighted by molar-refractivity contribution is 7.89. The number of hydrogen-bond acceptors (Lipinski definition) is 4. The summed E-state index contributed by atoms with van der Waals surface area (Å²) in [6, 6.07) is 2.59. The molecule has 0 aliphatic heterocycles. The smallest absolute Gasteiger partial charge is 0.304 e. The molecule has 1 rings (SSSR count). The first-order valence-electron chi connectivity index (χ1n) is 5.03. The first-order chi connectivity index (χ1) is 8.79. The van der Waals surface area contributed by atoms with Crippen molar-refractivity contribution >= 4 is 39.2 Å². The molecule has 1 aromatic rings. The molecule has 0 atom stereocenters. The number of carboxylic acid groups (broad SMARTS) is 1. The largest absolute Gasteiger partial charge is 0.495 e. The Morgan fingerprint density at radius 2 is 2.00 bits per heavy atom. The molecule has 2 N–H and O–H groups in total. The number of ether oxygens (including phenoxy) is 1. The molecule has 0 spiro atoms. The first kappa shape index (κ1) is 16.0. The highest BCUT2D eigenvalue weighted by Gasteiger charge is 2.21. The van der Waals surface area contributed by atoms with E-state index < -0.39 is 16.0 Å². The quantitative estimate of drug-likeness (QED) is 0.830. The number of sulfonamides is 1. The number of methoxy groups -OCH3 is 1. The standard InChI is InChI=1S/C10H11Cl2NO5S/c1-18-6-2-3-7(10(12)9(6)11)19(16,17)13-5-4-8(14)15/h2-3,13H,4-5H2,1H3,(H,14,15). The molecule has 106 valence electrons. The van der Waals surface area contributed by atoms with E-state index in [1.54, 1.807) is 0 Å². The number of carboxylic acids is 1. The highest BCUT2D eigenvalue weighted by Crippen LogP contribution is 2.36. The van der Waals surface area contributed by atoms with Crippen LogP contribution in [0, 0.1) is 0 Å². The second kappa shape index (κ2) is 6.42. The average molecular weight is 328 g/mol. The summed E-state index contributed by atoms with van der Waals surface area (Å²) in [6.07, 6.45) is -0.333. The van der Waals surface area contributed by atoms with Gasteiger partial charge in [-0.05, 0) is 12.1 Å². The maximum atomic E-state index is 11.9. The summed E-state index contributed by atoms with van der Waals surface area (Å²) < 4.78 is 30.8. The summed E-state index contributed by atoms with van der Waals surface area (Å²) in [7, 11) is -2.55. The summed E-state index contributed by atoms with van der Waals surface area (Å²) in [5.41, 5.74) is 0. The molecule has 6 nitrogen and oxygen atoms in total. The Balaban J connectivity index is 3.02. The summed E-state index contributed by atoms with van der Waals surface area (Å²) in [6.45, 7) is -0.238. The lowest BCUT2D eigenvalue weighted by Crippen LogP contribution is -2.26. The number of rotatable bonds is 6. The van der Waals surface area contributed by atoms with Crippen molar-refractivity contribution in [2.24, 2.45) is 0 Å². The summed E-state index contributed by atoms with van der Waals surface area (Å²) in [4.78, 5) is 10.1. The summed E-state index contributed by atoms with van der Waals surface area (Å²) in [5, 5.41) is 8.25. The van der Waals surface area contributed by atoms with Gasteiger partial charge in [0.05, 0.1) is 18.6 Å². The van der Waals surface area contributed by atoms with Gasteiger partial charge >= 0.3 is 5.97 Å². The molecule has 9 heteroatoms. The molecular weight excluding hydrogens is 317 g/mol. The van der Waals surface area contributed by atoms with Crippen LogP contribution in [0.15, 0.2) is 17.0 Å². The zero-order chi connectivity index (χ0) is 14.6. The maximum absolute atomic E-state index is 11.9. The third-order valence-corrected chi connectivity index (χ3v) is 4.63. The lowest BCUT2D eigenvalue weighted by molar-refractivity contribution is -0.136. The van der Waals surface area contributed by atoms with Crippen LogP contribution in [0.1, 0.15) is 6.42 Å². The van der Waals surface area contributed by atoms with E-state index in [1.807, 2.05) is 0 Å². The van der Waals surface area contributed by atoms with Gasteiger partial charge in [0, 0.05) is 6.54 Å². The second-order valence-electron chi connectivity index (χ2n) is 3.44. The Kier molecular flexibility index (Phi) is 5.42. The molecule has 1 aromatic carbocycles. The van der Waals surface area contributed by atoms with E-state index in [0.29, 0.717) is 0 Å². The van der Waals surface area contributed by atoms with Crippen molar-refractivity contribution in [2.45, 2.75) is 11.3 Å². The summed E-state index contributed by atoms with van der Waals surface area (Å²) >= 11 is 11.7. The fraction of sp³-hybridized carbons (Fsp3) is 0.300. The van der Waals surface area contributed by atoms with Crippen LogP contribution in [-0.4, -0.2) is 33.1 Å². The minimum Gasteiger partial charge on any atom is -0.495 e. The molecule has 0 fully saturated rings. The van der Waals surface area contributed by atoms with E-state index in [2.05, 4.69) is 4.72 Å². The van der Waals surface area contributed by atoms with Crippen molar-refractivity contribution < 1.29 is 23.1 Å².